The third kappa shape index (κ3) is 1.37. The average molecular weight is 190 g/mol. The van der Waals surface area contributed by atoms with E-state index in [9.17, 15) is 0 Å². The van der Waals surface area contributed by atoms with Crippen molar-refractivity contribution < 1.29 is 10.8 Å². The Morgan fingerprint density at radius 1 is 1.21 bits per heavy atom. The van der Waals surface area contributed by atoms with Crippen LogP contribution in [0.25, 0.3) is 10.9 Å². The van der Waals surface area contributed by atoms with E-state index >= 15 is 0 Å². The molecule has 0 unspecified atom stereocenters. The van der Waals surface area contributed by atoms with Crippen LogP contribution in [0.3, 0.4) is 0 Å². The van der Waals surface area contributed by atoms with E-state index in [1.54, 1.807) is 38.6 Å². The van der Waals surface area contributed by atoms with Gasteiger partial charge in [0, 0.05) is 17.6 Å². The van der Waals surface area contributed by atoms with Gasteiger partial charge in [0.05, 0.1) is 21.1 Å². The highest BCUT2D eigenvalue weighted by Gasteiger charge is 2.05. The molecule has 0 aliphatic carbocycles. The molecule has 0 aliphatic rings. The monoisotopic (exact) mass is 190 g/mol. The number of ether oxygens (including phenoxy) is 2. The minimum Gasteiger partial charge on any atom is -0.493 e. The molecule has 0 radical (unpaired) electrons. The second-order valence-electron chi connectivity index (χ2n) is 2.81. The summed E-state index contributed by atoms with van der Waals surface area (Å²) in [5.41, 5.74) is 0.736. The van der Waals surface area contributed by atoms with Crippen molar-refractivity contribution in [1.82, 2.24) is 4.98 Å². The zero-order valence-corrected chi connectivity index (χ0v) is 8.07. The van der Waals surface area contributed by atoms with E-state index in [2.05, 4.69) is 4.98 Å². The maximum atomic E-state index is 7.73. The topological polar surface area (TPSA) is 31.4 Å². The van der Waals surface area contributed by atoms with Crippen LogP contribution in [0, 0.1) is 0 Å². The van der Waals surface area contributed by atoms with Gasteiger partial charge in [-0.2, -0.15) is 0 Å². The van der Waals surface area contributed by atoms with Gasteiger partial charge in [-0.3, -0.25) is 4.98 Å². The molecule has 72 valence electrons. The van der Waals surface area contributed by atoms with Gasteiger partial charge in [0.2, 0.25) is 0 Å². The van der Waals surface area contributed by atoms with Crippen LogP contribution >= 0.6 is 0 Å². The van der Waals surface area contributed by atoms with E-state index in [1.165, 1.54) is 0 Å². The Bertz CT molecular complexity index is 499. The Labute approximate surface area is 83.7 Å². The van der Waals surface area contributed by atoms with Crippen LogP contribution in [0.1, 0.15) is 1.37 Å². The number of hydrogen-bond acceptors (Lipinski definition) is 3. The van der Waals surface area contributed by atoms with Gasteiger partial charge < -0.3 is 9.47 Å². The number of methoxy groups -OCH3 is 2. The van der Waals surface area contributed by atoms with Gasteiger partial charge in [-0.05, 0) is 12.1 Å². The highest BCUT2D eigenvalue weighted by molar-refractivity contribution is 5.82. The number of fused-ring (bicyclic) bond motifs is 1. The maximum absolute atomic E-state index is 7.73. The van der Waals surface area contributed by atoms with Gasteiger partial charge in [-0.15, -0.1) is 0 Å². The second-order valence-corrected chi connectivity index (χ2v) is 2.81. The van der Waals surface area contributed by atoms with Crippen molar-refractivity contribution in [2.45, 2.75) is 0 Å². The summed E-state index contributed by atoms with van der Waals surface area (Å²) >= 11 is 0. The van der Waals surface area contributed by atoms with Crippen LogP contribution in [0.4, 0.5) is 0 Å². The van der Waals surface area contributed by atoms with Gasteiger partial charge in [0.1, 0.15) is 0 Å². The molecular weight excluding hydrogens is 178 g/mol. The quantitative estimate of drug-likeness (QED) is 0.727. The third-order valence-electron chi connectivity index (χ3n) is 2.03. The number of nitrogens with zero attached hydrogens (tertiary/aromatic N) is 1. The Morgan fingerprint density at radius 2 is 1.93 bits per heavy atom. The van der Waals surface area contributed by atoms with Crippen LogP contribution in [0.2, 0.25) is 0 Å². The lowest BCUT2D eigenvalue weighted by atomic mass is 10.2. The molecule has 0 spiro atoms. The Morgan fingerprint density at radius 3 is 2.64 bits per heavy atom. The van der Waals surface area contributed by atoms with E-state index in [-0.39, 0.29) is 0 Å². The Hall–Kier alpha value is -1.77. The van der Waals surface area contributed by atoms with E-state index in [0.29, 0.717) is 17.5 Å². The second kappa shape index (κ2) is 3.54. The zero-order valence-electron chi connectivity index (χ0n) is 9.07. The first kappa shape index (κ1) is 7.62. The number of benzene rings is 1. The van der Waals surface area contributed by atoms with Crippen molar-refractivity contribution in [1.29, 1.82) is 0 Å². The van der Waals surface area contributed by atoms with Crippen molar-refractivity contribution >= 4 is 10.9 Å². The van der Waals surface area contributed by atoms with Crippen LogP contribution in [0.5, 0.6) is 11.5 Å². The standard InChI is InChI=1S/C11H11NO2/c1-13-10-6-8-4-3-5-12-9(8)7-11(10)14-2/h3-7H,1-2H3/i4D. The molecule has 0 saturated heterocycles. The van der Waals surface area contributed by atoms with E-state index in [0.717, 1.165) is 10.9 Å². The summed E-state index contributed by atoms with van der Waals surface area (Å²) in [5.74, 6) is 1.25. The molecule has 0 fully saturated rings. The normalized spacial score (nSPS) is 11.1. The third-order valence-corrected chi connectivity index (χ3v) is 2.03. The number of hydrogen-bond donors (Lipinski definition) is 0. The van der Waals surface area contributed by atoms with Crippen LogP contribution in [-0.4, -0.2) is 19.2 Å². The lowest BCUT2D eigenvalue weighted by molar-refractivity contribution is 0.356. The fourth-order valence-corrected chi connectivity index (χ4v) is 1.34. The molecular formula is C11H11NO2. The van der Waals surface area contributed by atoms with Crippen LogP contribution in [-0.2, 0) is 0 Å². The summed E-state index contributed by atoms with van der Waals surface area (Å²) in [5, 5.41) is 0.759. The minimum absolute atomic E-state index is 0.431. The molecule has 2 rings (SSSR count). The Balaban J connectivity index is 2.75. The molecule has 1 aromatic carbocycles. The first-order valence-corrected chi connectivity index (χ1v) is 4.23. The Kier molecular flexibility index (Phi) is 1.92. The van der Waals surface area contributed by atoms with Gasteiger partial charge in [0.25, 0.3) is 0 Å². The number of rotatable bonds is 2. The molecule has 3 heteroatoms. The summed E-state index contributed by atoms with van der Waals surface area (Å²) in [6, 6.07) is 5.62. The van der Waals surface area contributed by atoms with E-state index < -0.39 is 0 Å². The summed E-state index contributed by atoms with van der Waals surface area (Å²) in [6.45, 7) is 0. The summed E-state index contributed by atoms with van der Waals surface area (Å²) in [4.78, 5) is 4.17. The van der Waals surface area contributed by atoms with Gasteiger partial charge in [-0.25, -0.2) is 0 Å². The largest absolute Gasteiger partial charge is 0.493 e. The minimum atomic E-state index is 0.431. The van der Waals surface area contributed by atoms with Crippen molar-refractivity contribution in [3.05, 3.63) is 30.4 Å². The smallest absolute Gasteiger partial charge is 0.162 e. The number of aromatic nitrogens is 1. The molecule has 1 aromatic heterocycles. The average Bonchev–Trinajstić information content (AvgIpc) is 2.28. The van der Waals surface area contributed by atoms with Crippen molar-refractivity contribution in [2.24, 2.45) is 0 Å². The van der Waals surface area contributed by atoms with E-state index in [1.807, 2.05) is 0 Å². The lowest BCUT2D eigenvalue weighted by Gasteiger charge is -2.08. The molecule has 14 heavy (non-hydrogen) atoms. The number of pyridine rings is 1. The highest BCUT2D eigenvalue weighted by Crippen LogP contribution is 2.30. The molecule has 0 aliphatic heterocycles. The molecule has 0 bridgehead atoms. The predicted molar refractivity (Wildman–Crippen MR) is 54.8 cm³/mol. The molecule has 0 atom stereocenters. The predicted octanol–water partition coefficient (Wildman–Crippen LogP) is 2.25. The first-order valence-electron chi connectivity index (χ1n) is 4.73. The maximum Gasteiger partial charge on any atom is 0.162 e. The molecule has 1 heterocycles. The fourth-order valence-electron chi connectivity index (χ4n) is 1.34. The van der Waals surface area contributed by atoms with Gasteiger partial charge >= 0.3 is 0 Å². The summed E-state index contributed by atoms with van der Waals surface area (Å²) in [7, 11) is 3.15. The van der Waals surface area contributed by atoms with Crippen molar-refractivity contribution in [3.63, 3.8) is 0 Å². The van der Waals surface area contributed by atoms with Gasteiger partial charge in [0.15, 0.2) is 11.5 Å². The molecule has 0 saturated carbocycles. The fraction of sp³-hybridized carbons (Fsp3) is 0.182. The SMILES string of the molecule is [2H]c1ccnc2cc(OC)c(OC)cc12. The molecule has 3 nitrogen and oxygen atoms in total. The van der Waals surface area contributed by atoms with E-state index in [4.69, 9.17) is 10.8 Å². The molecule has 0 amide bonds. The summed E-state index contributed by atoms with van der Waals surface area (Å²) in [6.07, 6.45) is 1.61. The van der Waals surface area contributed by atoms with Gasteiger partial charge in [-0.1, -0.05) is 6.04 Å². The van der Waals surface area contributed by atoms with Crippen molar-refractivity contribution in [2.75, 3.05) is 14.2 Å². The first-order chi connectivity index (χ1) is 7.26. The van der Waals surface area contributed by atoms with Crippen LogP contribution in [0.15, 0.2) is 30.4 Å². The molecule has 0 N–H and O–H groups in total. The summed E-state index contributed by atoms with van der Waals surface area (Å²) < 4.78 is 18.0. The highest BCUT2D eigenvalue weighted by atomic mass is 16.5. The lowest BCUT2D eigenvalue weighted by Crippen LogP contribution is -1.90. The molecule has 2 aromatic rings. The van der Waals surface area contributed by atoms with Crippen LogP contribution < -0.4 is 9.47 Å². The zero-order chi connectivity index (χ0) is 10.8. The van der Waals surface area contributed by atoms with Crippen molar-refractivity contribution in [3.8, 4) is 11.5 Å².